The Bertz CT molecular complexity index is 737. The number of fused-ring (bicyclic) bond motifs is 1. The van der Waals surface area contributed by atoms with Crippen LogP contribution in [0, 0.1) is 0 Å². The summed E-state index contributed by atoms with van der Waals surface area (Å²) in [5.41, 5.74) is 1.31. The van der Waals surface area contributed by atoms with Crippen LogP contribution in [0.1, 0.15) is 18.1 Å². The number of nitrogens with zero attached hydrogens (tertiary/aromatic N) is 7. The number of alkyl halides is 1. The van der Waals surface area contributed by atoms with Crippen LogP contribution in [0.3, 0.4) is 0 Å². The minimum absolute atomic E-state index is 0.250. The molecule has 1 unspecified atom stereocenters. The van der Waals surface area contributed by atoms with Gasteiger partial charge in [0.15, 0.2) is 11.2 Å². The van der Waals surface area contributed by atoms with Crippen molar-refractivity contribution < 1.29 is 4.74 Å². The molecule has 0 spiro atoms. The Kier molecular flexibility index (Phi) is 3.70. The molecule has 0 amide bonds. The summed E-state index contributed by atoms with van der Waals surface area (Å²) in [6.07, 6.45) is 4.90. The van der Waals surface area contributed by atoms with E-state index in [1.54, 1.807) is 24.2 Å². The minimum Gasteiger partial charge on any atom is -0.479 e. The highest BCUT2D eigenvalue weighted by Gasteiger charge is 2.19. The van der Waals surface area contributed by atoms with E-state index in [0.29, 0.717) is 30.1 Å². The van der Waals surface area contributed by atoms with Gasteiger partial charge >= 0.3 is 0 Å². The first kappa shape index (κ1) is 13.7. The maximum absolute atomic E-state index is 6.23. The number of hydrogen-bond acceptors (Lipinski definition) is 6. The van der Waals surface area contributed by atoms with Crippen LogP contribution >= 0.6 is 11.6 Å². The zero-order chi connectivity index (χ0) is 14.8. The molecule has 3 rings (SSSR count). The van der Waals surface area contributed by atoms with Gasteiger partial charge in [0.25, 0.3) is 0 Å². The molecule has 0 radical (unpaired) electrons. The van der Waals surface area contributed by atoms with Gasteiger partial charge in [0, 0.05) is 12.7 Å². The van der Waals surface area contributed by atoms with Crippen molar-refractivity contribution in [3.63, 3.8) is 0 Å². The molecule has 3 aromatic rings. The zero-order valence-corrected chi connectivity index (χ0v) is 12.4. The van der Waals surface area contributed by atoms with Gasteiger partial charge in [-0.3, -0.25) is 4.68 Å². The van der Waals surface area contributed by atoms with Crippen molar-refractivity contribution in [2.45, 2.75) is 25.4 Å². The maximum Gasteiger partial charge on any atom is 0.245 e. The lowest BCUT2D eigenvalue weighted by Crippen LogP contribution is -2.11. The molecule has 0 aliphatic carbocycles. The van der Waals surface area contributed by atoms with Crippen LogP contribution in [0.5, 0.6) is 5.88 Å². The number of aryl methyl sites for hydroxylation is 2. The largest absolute Gasteiger partial charge is 0.479 e. The lowest BCUT2D eigenvalue weighted by molar-refractivity contribution is 0.401. The molecule has 0 aliphatic rings. The van der Waals surface area contributed by atoms with Gasteiger partial charge in [0.2, 0.25) is 5.88 Å². The Labute approximate surface area is 125 Å². The lowest BCUT2D eigenvalue weighted by Gasteiger charge is -2.09. The fraction of sp³-hybridized carbons (Fsp3) is 0.417. The predicted octanol–water partition coefficient (Wildman–Crippen LogP) is 1.43. The molecule has 0 saturated heterocycles. The highest BCUT2D eigenvalue weighted by molar-refractivity contribution is 6.20. The maximum atomic E-state index is 6.23. The minimum atomic E-state index is -0.250. The van der Waals surface area contributed by atoms with Crippen molar-refractivity contribution in [3.05, 3.63) is 24.5 Å². The van der Waals surface area contributed by atoms with Gasteiger partial charge in [-0.05, 0) is 6.92 Å². The molecule has 1 atom stereocenters. The monoisotopic (exact) mass is 307 g/mol. The molecule has 110 valence electrons. The number of methoxy groups -OCH3 is 1. The molecular formula is C12H14ClN7O. The second-order valence-corrected chi connectivity index (χ2v) is 5.11. The molecular weight excluding hydrogens is 294 g/mol. The van der Waals surface area contributed by atoms with Crippen LogP contribution in [0.15, 0.2) is 18.7 Å². The van der Waals surface area contributed by atoms with Crippen LogP contribution in [0.2, 0.25) is 0 Å². The van der Waals surface area contributed by atoms with Gasteiger partial charge in [-0.2, -0.15) is 4.98 Å². The van der Waals surface area contributed by atoms with Crippen LogP contribution in [0.4, 0.5) is 0 Å². The van der Waals surface area contributed by atoms with Gasteiger partial charge in [0.1, 0.15) is 12.2 Å². The summed E-state index contributed by atoms with van der Waals surface area (Å²) >= 11 is 6.23. The number of rotatable bonds is 5. The van der Waals surface area contributed by atoms with Crippen LogP contribution < -0.4 is 4.74 Å². The van der Waals surface area contributed by atoms with Crippen molar-refractivity contribution in [1.82, 2.24) is 34.5 Å². The van der Waals surface area contributed by atoms with Crippen LogP contribution in [-0.4, -0.2) is 41.6 Å². The van der Waals surface area contributed by atoms with E-state index in [9.17, 15) is 0 Å². The number of ether oxygens (including phenoxy) is 1. The van der Waals surface area contributed by atoms with Crippen molar-refractivity contribution in [1.29, 1.82) is 0 Å². The second-order valence-electron chi connectivity index (χ2n) is 4.46. The normalized spacial score (nSPS) is 12.7. The average molecular weight is 308 g/mol. The van der Waals surface area contributed by atoms with E-state index < -0.39 is 0 Å². The molecule has 3 heterocycles. The highest BCUT2D eigenvalue weighted by atomic mass is 35.5. The third-order valence-corrected chi connectivity index (χ3v) is 3.30. The van der Waals surface area contributed by atoms with Crippen molar-refractivity contribution in [2.24, 2.45) is 0 Å². The molecule has 21 heavy (non-hydrogen) atoms. The molecule has 0 bridgehead atoms. The summed E-state index contributed by atoms with van der Waals surface area (Å²) in [5, 5.41) is 7.48. The van der Waals surface area contributed by atoms with E-state index in [4.69, 9.17) is 16.3 Å². The topological polar surface area (TPSA) is 83.5 Å². The summed E-state index contributed by atoms with van der Waals surface area (Å²) in [4.78, 5) is 12.9. The Morgan fingerprint density at radius 1 is 1.33 bits per heavy atom. The summed E-state index contributed by atoms with van der Waals surface area (Å²) in [5.74, 6) is 1.17. The van der Waals surface area contributed by atoms with Crippen LogP contribution in [-0.2, 0) is 13.1 Å². The van der Waals surface area contributed by atoms with Crippen molar-refractivity contribution in [2.75, 3.05) is 7.11 Å². The summed E-state index contributed by atoms with van der Waals surface area (Å²) in [6, 6.07) is 0. The SMILES string of the molecule is COc1ncnc2c1nc(C(C)Cl)n2CCn1ccnn1. The first-order valence-corrected chi connectivity index (χ1v) is 6.87. The first-order valence-electron chi connectivity index (χ1n) is 6.44. The Balaban J connectivity index is 2.03. The Morgan fingerprint density at radius 2 is 2.19 bits per heavy atom. The molecule has 0 saturated carbocycles. The quantitative estimate of drug-likeness (QED) is 0.663. The van der Waals surface area contributed by atoms with Crippen molar-refractivity contribution in [3.8, 4) is 5.88 Å². The summed E-state index contributed by atoms with van der Waals surface area (Å²) in [7, 11) is 1.56. The molecule has 0 fully saturated rings. The third-order valence-electron chi connectivity index (χ3n) is 3.10. The van der Waals surface area contributed by atoms with Crippen molar-refractivity contribution >= 4 is 22.8 Å². The summed E-state index contributed by atoms with van der Waals surface area (Å²) < 4.78 is 8.93. The van der Waals surface area contributed by atoms with E-state index in [2.05, 4.69) is 25.3 Å². The fourth-order valence-corrected chi connectivity index (χ4v) is 2.33. The molecule has 9 heteroatoms. The zero-order valence-electron chi connectivity index (χ0n) is 11.6. The standard InChI is InChI=1S/C12H14ClN7O/c1-8(13)10-17-9-11(14-7-15-12(9)21-2)20(10)6-5-19-4-3-16-18-19/h3-4,7-8H,5-6H2,1-2H3. The predicted molar refractivity (Wildman–Crippen MR) is 76.2 cm³/mol. The number of aromatic nitrogens is 7. The number of imidazole rings is 1. The van der Waals surface area contributed by atoms with Gasteiger partial charge in [-0.25, -0.2) is 9.97 Å². The van der Waals surface area contributed by atoms with E-state index in [0.717, 1.165) is 5.82 Å². The van der Waals surface area contributed by atoms with Gasteiger partial charge in [-0.15, -0.1) is 16.7 Å². The number of hydrogen-bond donors (Lipinski definition) is 0. The second kappa shape index (κ2) is 5.65. The van der Waals surface area contributed by atoms with E-state index in [1.807, 2.05) is 11.5 Å². The average Bonchev–Trinajstić information content (AvgIpc) is 3.11. The fourth-order valence-electron chi connectivity index (χ4n) is 2.16. The van der Waals surface area contributed by atoms with E-state index in [1.165, 1.54) is 6.33 Å². The molecule has 3 aromatic heterocycles. The van der Waals surface area contributed by atoms with Gasteiger partial charge in [0.05, 0.1) is 25.2 Å². The van der Waals surface area contributed by atoms with Gasteiger partial charge < -0.3 is 9.30 Å². The highest BCUT2D eigenvalue weighted by Crippen LogP contribution is 2.27. The third kappa shape index (κ3) is 2.54. The molecule has 0 aromatic carbocycles. The molecule has 8 nitrogen and oxygen atoms in total. The first-order chi connectivity index (χ1) is 10.2. The lowest BCUT2D eigenvalue weighted by atomic mass is 10.4. The van der Waals surface area contributed by atoms with E-state index >= 15 is 0 Å². The molecule has 0 aliphatic heterocycles. The Hall–Kier alpha value is -2.22. The summed E-state index contributed by atoms with van der Waals surface area (Å²) in [6.45, 7) is 3.15. The molecule has 0 N–H and O–H groups in total. The smallest absolute Gasteiger partial charge is 0.245 e. The van der Waals surface area contributed by atoms with E-state index in [-0.39, 0.29) is 5.38 Å². The van der Waals surface area contributed by atoms with Gasteiger partial charge in [-0.1, -0.05) is 5.21 Å². The van der Waals surface area contributed by atoms with Crippen LogP contribution in [0.25, 0.3) is 11.2 Å². The number of halogens is 1. The Morgan fingerprint density at radius 3 is 2.86 bits per heavy atom.